The lowest BCUT2D eigenvalue weighted by Gasteiger charge is -2.20. The van der Waals surface area contributed by atoms with Crippen LogP contribution in [0, 0.1) is 23.7 Å². The minimum Gasteiger partial charge on any atom is -0.492 e. The summed E-state index contributed by atoms with van der Waals surface area (Å²) in [5.41, 5.74) is 6.07. The largest absolute Gasteiger partial charge is 0.492 e. The average Bonchev–Trinajstić information content (AvgIpc) is 3.56. The number of H-pyrrole nitrogens is 1. The Morgan fingerprint density at radius 3 is 1.70 bits per heavy atom. The molecule has 0 radical (unpaired) electrons. The van der Waals surface area contributed by atoms with Crippen LogP contribution in [0.1, 0.15) is 93.0 Å². The Hall–Kier alpha value is -5.79. The van der Waals surface area contributed by atoms with Gasteiger partial charge in [0.2, 0.25) is 0 Å². The van der Waals surface area contributed by atoms with Crippen molar-refractivity contribution >= 4 is 5.97 Å². The van der Waals surface area contributed by atoms with E-state index in [0.29, 0.717) is 36.0 Å². The van der Waals surface area contributed by atoms with Gasteiger partial charge in [-0.25, -0.2) is 4.79 Å². The van der Waals surface area contributed by atoms with Gasteiger partial charge in [0.1, 0.15) is 22.8 Å². The molecule has 0 saturated heterocycles. The molecule has 5 rings (SSSR count). The highest BCUT2D eigenvalue weighted by atomic mass is 16.6. The summed E-state index contributed by atoms with van der Waals surface area (Å²) in [5.74, 6) is 13.8. The number of esters is 1. The lowest BCUT2D eigenvalue weighted by Crippen LogP contribution is -2.24. The topological polar surface area (TPSA) is 86.3 Å². The molecule has 254 valence electrons. The molecular weight excluding hydrogens is 622 g/mol. The molecule has 7 heteroatoms. The van der Waals surface area contributed by atoms with E-state index in [4.69, 9.17) is 14.2 Å². The SMILES string of the molecule is CCCCOc1cc(-c2c[nH]c(C(=O)OC(C)(C)C)c2-c2ccc(C#Cc3ccncc3)c(OCCCC)c2)ccc1C#Cc1ccncc1. The highest BCUT2D eigenvalue weighted by Gasteiger charge is 2.26. The van der Waals surface area contributed by atoms with Crippen molar-refractivity contribution in [1.29, 1.82) is 0 Å². The zero-order valence-corrected chi connectivity index (χ0v) is 29.4. The average molecular weight is 666 g/mol. The number of nitrogens with zero attached hydrogens (tertiary/aromatic N) is 2. The third-order valence-electron chi connectivity index (χ3n) is 7.60. The maximum Gasteiger partial charge on any atom is 0.355 e. The van der Waals surface area contributed by atoms with E-state index in [0.717, 1.165) is 64.6 Å². The van der Waals surface area contributed by atoms with Crippen molar-refractivity contribution in [2.45, 2.75) is 65.9 Å². The van der Waals surface area contributed by atoms with E-state index < -0.39 is 11.6 Å². The first-order valence-corrected chi connectivity index (χ1v) is 17.1. The van der Waals surface area contributed by atoms with Gasteiger partial charge in [0.05, 0.1) is 24.3 Å². The number of hydrogen-bond acceptors (Lipinski definition) is 6. The van der Waals surface area contributed by atoms with Crippen LogP contribution in [-0.4, -0.2) is 39.7 Å². The number of benzene rings is 2. The van der Waals surface area contributed by atoms with Crippen molar-refractivity contribution in [3.05, 3.63) is 120 Å². The second-order valence-electron chi connectivity index (χ2n) is 12.8. The first kappa shape index (κ1) is 35.5. The van der Waals surface area contributed by atoms with Crippen LogP contribution in [0.3, 0.4) is 0 Å². The van der Waals surface area contributed by atoms with Crippen LogP contribution in [0.25, 0.3) is 22.3 Å². The number of nitrogens with one attached hydrogen (secondary N) is 1. The monoisotopic (exact) mass is 665 g/mol. The molecule has 0 atom stereocenters. The van der Waals surface area contributed by atoms with E-state index in [2.05, 4.69) is 52.5 Å². The van der Waals surface area contributed by atoms with E-state index in [1.54, 1.807) is 24.8 Å². The second kappa shape index (κ2) is 17.0. The van der Waals surface area contributed by atoms with E-state index in [1.807, 2.05) is 87.6 Å². The highest BCUT2D eigenvalue weighted by Crippen LogP contribution is 2.40. The van der Waals surface area contributed by atoms with Crippen LogP contribution in [-0.2, 0) is 4.74 Å². The summed E-state index contributed by atoms with van der Waals surface area (Å²) in [6.45, 7) is 10.9. The zero-order valence-electron chi connectivity index (χ0n) is 29.4. The fourth-order valence-electron chi connectivity index (χ4n) is 5.06. The fourth-order valence-corrected chi connectivity index (χ4v) is 5.06. The van der Waals surface area contributed by atoms with Crippen molar-refractivity contribution < 1.29 is 19.0 Å². The number of pyridine rings is 2. The Kier molecular flexibility index (Phi) is 12.1. The highest BCUT2D eigenvalue weighted by molar-refractivity contribution is 6.01. The minimum absolute atomic E-state index is 0.347. The molecule has 0 amide bonds. The van der Waals surface area contributed by atoms with E-state index in [-0.39, 0.29) is 0 Å². The normalized spacial score (nSPS) is 10.7. The molecule has 50 heavy (non-hydrogen) atoms. The molecule has 0 saturated carbocycles. The van der Waals surface area contributed by atoms with E-state index in [1.165, 1.54) is 0 Å². The molecule has 3 aromatic heterocycles. The predicted molar refractivity (Wildman–Crippen MR) is 198 cm³/mol. The lowest BCUT2D eigenvalue weighted by molar-refractivity contribution is 0.00645. The number of rotatable bonds is 11. The third kappa shape index (κ3) is 9.65. The number of aromatic amines is 1. The molecule has 0 aliphatic carbocycles. The van der Waals surface area contributed by atoms with Gasteiger partial charge in [-0.1, -0.05) is 62.5 Å². The number of aromatic nitrogens is 3. The molecule has 0 aliphatic rings. The van der Waals surface area contributed by atoms with Gasteiger partial charge in [-0.05, 0) is 93.3 Å². The van der Waals surface area contributed by atoms with Crippen molar-refractivity contribution in [3.8, 4) is 57.4 Å². The molecular formula is C43H43N3O4. The van der Waals surface area contributed by atoms with Crippen LogP contribution in [0.2, 0.25) is 0 Å². The number of hydrogen-bond donors (Lipinski definition) is 1. The van der Waals surface area contributed by atoms with Gasteiger partial charge < -0.3 is 19.2 Å². The molecule has 0 spiro atoms. The maximum absolute atomic E-state index is 13.7. The number of ether oxygens (including phenoxy) is 3. The molecule has 5 aromatic rings. The van der Waals surface area contributed by atoms with Crippen LogP contribution >= 0.6 is 0 Å². The number of carbonyl (C=O) groups is 1. The quantitative estimate of drug-likeness (QED) is 0.0860. The van der Waals surface area contributed by atoms with Gasteiger partial charge in [0.25, 0.3) is 0 Å². The number of carbonyl (C=O) groups excluding carboxylic acids is 1. The van der Waals surface area contributed by atoms with Gasteiger partial charge in [-0.3, -0.25) is 9.97 Å². The molecule has 3 heterocycles. The van der Waals surface area contributed by atoms with Crippen LogP contribution < -0.4 is 9.47 Å². The Morgan fingerprint density at radius 1 is 0.700 bits per heavy atom. The van der Waals surface area contributed by atoms with Crippen LogP contribution in [0.4, 0.5) is 0 Å². The van der Waals surface area contributed by atoms with Crippen molar-refractivity contribution in [3.63, 3.8) is 0 Å². The zero-order chi connectivity index (χ0) is 35.3. The molecule has 2 aromatic carbocycles. The van der Waals surface area contributed by atoms with Crippen molar-refractivity contribution in [2.75, 3.05) is 13.2 Å². The molecule has 7 nitrogen and oxygen atoms in total. The van der Waals surface area contributed by atoms with Crippen LogP contribution in [0.15, 0.2) is 91.6 Å². The smallest absolute Gasteiger partial charge is 0.355 e. The van der Waals surface area contributed by atoms with Gasteiger partial charge in [0, 0.05) is 53.2 Å². The first-order valence-electron chi connectivity index (χ1n) is 17.1. The third-order valence-corrected chi connectivity index (χ3v) is 7.60. The molecule has 0 unspecified atom stereocenters. The minimum atomic E-state index is -0.685. The summed E-state index contributed by atoms with van der Waals surface area (Å²) in [7, 11) is 0. The summed E-state index contributed by atoms with van der Waals surface area (Å²) >= 11 is 0. The van der Waals surface area contributed by atoms with Crippen molar-refractivity contribution in [2.24, 2.45) is 0 Å². The molecule has 0 fully saturated rings. The first-order chi connectivity index (χ1) is 24.3. The number of unbranched alkanes of at least 4 members (excludes halogenated alkanes) is 2. The van der Waals surface area contributed by atoms with Gasteiger partial charge in [-0.15, -0.1) is 0 Å². The summed E-state index contributed by atoms with van der Waals surface area (Å²) in [5, 5.41) is 0. The summed E-state index contributed by atoms with van der Waals surface area (Å²) in [6, 6.07) is 19.3. The molecule has 1 N–H and O–H groups in total. The Bertz CT molecular complexity index is 2020. The van der Waals surface area contributed by atoms with Gasteiger partial charge in [-0.2, -0.15) is 0 Å². The van der Waals surface area contributed by atoms with Gasteiger partial charge in [0.15, 0.2) is 0 Å². The van der Waals surface area contributed by atoms with E-state index >= 15 is 0 Å². The maximum atomic E-state index is 13.7. The van der Waals surface area contributed by atoms with Crippen LogP contribution in [0.5, 0.6) is 11.5 Å². The fraction of sp³-hybridized carbons (Fsp3) is 0.279. The predicted octanol–water partition coefficient (Wildman–Crippen LogP) is 9.25. The van der Waals surface area contributed by atoms with Crippen molar-refractivity contribution in [1.82, 2.24) is 15.0 Å². The standard InChI is InChI=1S/C43H43N3O4/c1-6-8-26-48-38-28-35(16-14-33(38)12-10-31-18-22-44-23-19-31)37-30-46-41(42(47)50-43(3,4)5)40(37)36-17-15-34(39(29-36)49-27-9-7-2)13-11-32-20-24-45-25-21-32/h14-25,28-30,46H,6-9,26-27H2,1-5H3. The summed E-state index contributed by atoms with van der Waals surface area (Å²) in [6.07, 6.45) is 12.5. The molecule has 0 aliphatic heterocycles. The molecule has 0 bridgehead atoms. The summed E-state index contributed by atoms with van der Waals surface area (Å²) < 4.78 is 18.5. The van der Waals surface area contributed by atoms with E-state index in [9.17, 15) is 4.79 Å². The Morgan fingerprint density at radius 2 is 1.20 bits per heavy atom. The summed E-state index contributed by atoms with van der Waals surface area (Å²) in [4.78, 5) is 25.1. The Balaban J connectivity index is 1.63. The van der Waals surface area contributed by atoms with Gasteiger partial charge >= 0.3 is 5.97 Å². The lowest BCUT2D eigenvalue weighted by atomic mass is 9.94. The second-order valence-corrected chi connectivity index (χ2v) is 12.8. The Labute approximate surface area is 295 Å².